The monoisotopic (exact) mass is 221 g/mol. The van der Waals surface area contributed by atoms with Crippen LogP contribution in [0.15, 0.2) is 18.2 Å². The molecule has 3 nitrogen and oxygen atoms in total. The van der Waals surface area contributed by atoms with Crippen molar-refractivity contribution in [2.45, 2.75) is 33.1 Å². The molecular formula is C13H19NO2. The molecule has 0 spiro atoms. The summed E-state index contributed by atoms with van der Waals surface area (Å²) in [6.45, 7) is 4.51. The fourth-order valence-electron chi connectivity index (χ4n) is 1.53. The van der Waals surface area contributed by atoms with Crippen LogP contribution in [0.3, 0.4) is 0 Å². The van der Waals surface area contributed by atoms with Gasteiger partial charge in [-0.25, -0.2) is 4.79 Å². The predicted octanol–water partition coefficient (Wildman–Crippen LogP) is 2.92. The summed E-state index contributed by atoms with van der Waals surface area (Å²) in [4.78, 5) is 11.6. The summed E-state index contributed by atoms with van der Waals surface area (Å²) in [5.41, 5.74) is 7.77. The molecule has 0 fully saturated rings. The summed E-state index contributed by atoms with van der Waals surface area (Å²) in [6, 6.07) is 5.27. The molecule has 0 bridgehead atoms. The zero-order valence-electron chi connectivity index (χ0n) is 9.95. The number of rotatable bonds is 5. The van der Waals surface area contributed by atoms with Crippen LogP contribution in [0.1, 0.15) is 42.1 Å². The van der Waals surface area contributed by atoms with Crippen LogP contribution in [0.5, 0.6) is 0 Å². The maximum Gasteiger partial charge on any atom is 0.338 e. The molecule has 0 amide bonds. The van der Waals surface area contributed by atoms with Gasteiger partial charge in [0.2, 0.25) is 0 Å². The molecule has 0 saturated carbocycles. The number of anilines is 1. The molecule has 0 saturated heterocycles. The summed E-state index contributed by atoms with van der Waals surface area (Å²) in [5, 5.41) is 0. The van der Waals surface area contributed by atoms with Crippen molar-refractivity contribution in [3.63, 3.8) is 0 Å². The van der Waals surface area contributed by atoms with Crippen molar-refractivity contribution < 1.29 is 9.53 Å². The quantitative estimate of drug-likeness (QED) is 0.472. The SMILES string of the molecule is CCCCCOC(=O)c1cc(C)cc(N)c1. The number of nitrogen functional groups attached to an aromatic ring is 1. The molecule has 3 heteroatoms. The number of carbonyl (C=O) groups excluding carboxylic acids is 1. The predicted molar refractivity (Wildman–Crippen MR) is 65.4 cm³/mol. The lowest BCUT2D eigenvalue weighted by Crippen LogP contribution is -2.07. The van der Waals surface area contributed by atoms with Crippen LogP contribution in [-0.2, 0) is 4.74 Å². The van der Waals surface area contributed by atoms with Gasteiger partial charge in [-0.15, -0.1) is 0 Å². The first kappa shape index (κ1) is 12.6. The van der Waals surface area contributed by atoms with E-state index < -0.39 is 0 Å². The molecule has 0 aliphatic heterocycles. The van der Waals surface area contributed by atoms with Gasteiger partial charge in [0.25, 0.3) is 0 Å². The second-order valence-electron chi connectivity index (χ2n) is 3.98. The summed E-state index contributed by atoms with van der Waals surface area (Å²) in [5.74, 6) is -0.286. The average molecular weight is 221 g/mol. The van der Waals surface area contributed by atoms with Crippen molar-refractivity contribution in [1.82, 2.24) is 0 Å². The first-order chi connectivity index (χ1) is 7.63. The average Bonchev–Trinajstić information content (AvgIpc) is 2.22. The Bertz CT molecular complexity index is 341. The van der Waals surface area contributed by atoms with Crippen molar-refractivity contribution in [3.8, 4) is 0 Å². The lowest BCUT2D eigenvalue weighted by atomic mass is 10.1. The second kappa shape index (κ2) is 6.16. The number of benzene rings is 1. The van der Waals surface area contributed by atoms with Crippen LogP contribution in [0, 0.1) is 6.92 Å². The molecule has 1 aromatic carbocycles. The Balaban J connectivity index is 2.52. The zero-order chi connectivity index (χ0) is 12.0. The standard InChI is InChI=1S/C13H19NO2/c1-3-4-5-6-16-13(15)11-7-10(2)8-12(14)9-11/h7-9H,3-6,14H2,1-2H3. The van der Waals surface area contributed by atoms with Crippen molar-refractivity contribution in [3.05, 3.63) is 29.3 Å². The van der Waals surface area contributed by atoms with E-state index in [1.807, 2.05) is 13.0 Å². The molecule has 2 N–H and O–H groups in total. The Hall–Kier alpha value is -1.51. The lowest BCUT2D eigenvalue weighted by molar-refractivity contribution is 0.0498. The molecule has 1 aromatic rings. The van der Waals surface area contributed by atoms with Gasteiger partial charge in [0.05, 0.1) is 12.2 Å². The maximum atomic E-state index is 11.6. The van der Waals surface area contributed by atoms with Gasteiger partial charge in [-0.3, -0.25) is 0 Å². The van der Waals surface area contributed by atoms with Gasteiger partial charge in [0, 0.05) is 5.69 Å². The Morgan fingerprint density at radius 1 is 1.31 bits per heavy atom. The third-order valence-electron chi connectivity index (χ3n) is 2.32. The Labute approximate surface area is 96.6 Å². The van der Waals surface area contributed by atoms with Crippen LogP contribution >= 0.6 is 0 Å². The second-order valence-corrected chi connectivity index (χ2v) is 3.98. The van der Waals surface area contributed by atoms with E-state index in [1.165, 1.54) is 0 Å². The molecule has 0 heterocycles. The van der Waals surface area contributed by atoms with Crippen molar-refractivity contribution in [2.24, 2.45) is 0 Å². The molecular weight excluding hydrogens is 202 g/mol. The van der Waals surface area contributed by atoms with Gasteiger partial charge < -0.3 is 10.5 Å². The van der Waals surface area contributed by atoms with Gasteiger partial charge in [-0.2, -0.15) is 0 Å². The molecule has 0 radical (unpaired) electrons. The molecule has 0 aliphatic carbocycles. The largest absolute Gasteiger partial charge is 0.462 e. The highest BCUT2D eigenvalue weighted by Crippen LogP contribution is 2.12. The zero-order valence-corrected chi connectivity index (χ0v) is 9.95. The van der Waals surface area contributed by atoms with Crippen molar-refractivity contribution >= 4 is 11.7 Å². The molecule has 0 unspecified atom stereocenters. The van der Waals surface area contributed by atoms with Crippen molar-refractivity contribution in [1.29, 1.82) is 0 Å². The molecule has 0 aliphatic rings. The van der Waals surface area contributed by atoms with E-state index in [-0.39, 0.29) is 5.97 Å². The van der Waals surface area contributed by atoms with E-state index in [2.05, 4.69) is 6.92 Å². The maximum absolute atomic E-state index is 11.6. The summed E-state index contributed by atoms with van der Waals surface area (Å²) < 4.78 is 5.15. The number of esters is 1. The first-order valence-electron chi connectivity index (χ1n) is 5.67. The molecule has 0 atom stereocenters. The molecule has 88 valence electrons. The number of unbranched alkanes of at least 4 members (excludes halogenated alkanes) is 2. The number of nitrogens with two attached hydrogens (primary N) is 1. The van der Waals surface area contributed by atoms with E-state index in [4.69, 9.17) is 10.5 Å². The van der Waals surface area contributed by atoms with Gasteiger partial charge in [-0.05, 0) is 37.1 Å². The number of carbonyl (C=O) groups is 1. The van der Waals surface area contributed by atoms with Gasteiger partial charge in [-0.1, -0.05) is 19.8 Å². The summed E-state index contributed by atoms with van der Waals surface area (Å²) in [6.07, 6.45) is 3.13. The van der Waals surface area contributed by atoms with Crippen LogP contribution in [0.4, 0.5) is 5.69 Å². The summed E-state index contributed by atoms with van der Waals surface area (Å²) >= 11 is 0. The van der Waals surface area contributed by atoms with Crippen LogP contribution in [0.2, 0.25) is 0 Å². The van der Waals surface area contributed by atoms with Gasteiger partial charge in [0.1, 0.15) is 0 Å². The van der Waals surface area contributed by atoms with E-state index in [9.17, 15) is 4.79 Å². The minimum absolute atomic E-state index is 0.286. The number of hydrogen-bond donors (Lipinski definition) is 1. The smallest absolute Gasteiger partial charge is 0.338 e. The van der Waals surface area contributed by atoms with Crippen LogP contribution < -0.4 is 5.73 Å². The van der Waals surface area contributed by atoms with E-state index in [1.54, 1.807) is 12.1 Å². The highest BCUT2D eigenvalue weighted by atomic mass is 16.5. The number of aryl methyl sites for hydroxylation is 1. The Morgan fingerprint density at radius 3 is 2.69 bits per heavy atom. The minimum atomic E-state index is -0.286. The summed E-state index contributed by atoms with van der Waals surface area (Å²) in [7, 11) is 0. The van der Waals surface area contributed by atoms with Crippen LogP contribution in [-0.4, -0.2) is 12.6 Å². The Morgan fingerprint density at radius 2 is 2.06 bits per heavy atom. The molecule has 0 aromatic heterocycles. The minimum Gasteiger partial charge on any atom is -0.462 e. The highest BCUT2D eigenvalue weighted by molar-refractivity contribution is 5.90. The number of hydrogen-bond acceptors (Lipinski definition) is 3. The van der Waals surface area contributed by atoms with Crippen molar-refractivity contribution in [2.75, 3.05) is 12.3 Å². The molecule has 1 rings (SSSR count). The van der Waals surface area contributed by atoms with Crippen LogP contribution in [0.25, 0.3) is 0 Å². The van der Waals surface area contributed by atoms with Gasteiger partial charge >= 0.3 is 5.97 Å². The third kappa shape index (κ3) is 3.93. The first-order valence-corrected chi connectivity index (χ1v) is 5.67. The molecule has 16 heavy (non-hydrogen) atoms. The topological polar surface area (TPSA) is 52.3 Å². The number of ether oxygens (including phenoxy) is 1. The van der Waals surface area contributed by atoms with Gasteiger partial charge in [0.15, 0.2) is 0 Å². The fraction of sp³-hybridized carbons (Fsp3) is 0.462. The normalized spacial score (nSPS) is 10.1. The Kier molecular flexibility index (Phi) is 4.83. The fourth-order valence-corrected chi connectivity index (χ4v) is 1.53. The lowest BCUT2D eigenvalue weighted by Gasteiger charge is -2.06. The van der Waals surface area contributed by atoms with E-state index in [0.29, 0.717) is 17.9 Å². The van der Waals surface area contributed by atoms with E-state index in [0.717, 1.165) is 24.8 Å². The highest BCUT2D eigenvalue weighted by Gasteiger charge is 2.07. The van der Waals surface area contributed by atoms with E-state index >= 15 is 0 Å². The third-order valence-corrected chi connectivity index (χ3v) is 2.32.